The number of Topliss-reactive ketones (excluding diaryl/α,β-unsaturated/α-hetero) is 3. The number of allylic oxidation sites excluding steroid dienone is 6. The Morgan fingerprint density at radius 3 is 2.25 bits per heavy atom. The summed E-state index contributed by atoms with van der Waals surface area (Å²) < 4.78 is 45.0. The third kappa shape index (κ3) is 14.4. The molecule has 21 nitrogen and oxygen atoms in total. The van der Waals surface area contributed by atoms with E-state index >= 15 is 0 Å². The molecule has 5 fully saturated rings. The molecule has 20 atom stereocenters. The van der Waals surface area contributed by atoms with Crippen molar-refractivity contribution in [3.63, 3.8) is 0 Å². The normalized spacial score (nSPS) is 43.8. The van der Waals surface area contributed by atoms with Crippen LogP contribution in [-0.2, 0) is 61.9 Å². The summed E-state index contributed by atoms with van der Waals surface area (Å²) in [7, 11) is 4.30. The molecule has 77 heavy (non-hydrogen) atoms. The third-order valence-electron chi connectivity index (χ3n) is 16.9. The van der Waals surface area contributed by atoms with Gasteiger partial charge in [-0.3, -0.25) is 19.2 Å². The van der Waals surface area contributed by atoms with E-state index in [0.29, 0.717) is 50.5 Å². The van der Waals surface area contributed by atoms with Crippen LogP contribution < -0.4 is 0 Å². The van der Waals surface area contributed by atoms with Gasteiger partial charge in [0.15, 0.2) is 11.9 Å². The van der Waals surface area contributed by atoms with Crippen molar-refractivity contribution in [2.45, 2.75) is 191 Å². The summed E-state index contributed by atoms with van der Waals surface area (Å²) >= 11 is 0. The summed E-state index contributed by atoms with van der Waals surface area (Å²) in [4.78, 5) is 85.9. The van der Waals surface area contributed by atoms with Crippen molar-refractivity contribution >= 4 is 35.4 Å². The Morgan fingerprint density at radius 2 is 1.56 bits per heavy atom. The Labute approximate surface area is 450 Å². The van der Waals surface area contributed by atoms with Gasteiger partial charge in [0.2, 0.25) is 5.79 Å². The first-order valence-corrected chi connectivity index (χ1v) is 27.2. The van der Waals surface area contributed by atoms with Gasteiger partial charge in [0.25, 0.3) is 11.7 Å². The van der Waals surface area contributed by atoms with E-state index in [1.807, 2.05) is 44.2 Å². The number of methoxy groups -OCH3 is 3. The molecule has 6 N–H and O–H groups in total. The van der Waals surface area contributed by atoms with Crippen LogP contribution in [0.25, 0.3) is 0 Å². The topological polar surface area (TPSA) is 301 Å². The lowest BCUT2D eigenvalue weighted by molar-refractivity contribution is -0.415. The van der Waals surface area contributed by atoms with Crippen molar-refractivity contribution in [1.29, 1.82) is 0 Å². The number of ketones is 3. The van der Waals surface area contributed by atoms with Gasteiger partial charge in [-0.05, 0) is 101 Å². The van der Waals surface area contributed by atoms with Crippen molar-refractivity contribution in [1.82, 2.24) is 4.90 Å². The van der Waals surface area contributed by atoms with E-state index < -0.39 is 139 Å². The molecule has 6 bridgehead atoms. The number of amides is 1. The fraction of sp³-hybridized carbons (Fsp3) is 0.750. The first-order valence-electron chi connectivity index (χ1n) is 27.2. The molecule has 432 valence electrons. The molecule has 4 saturated heterocycles. The number of carbonyl (C=O) groups excluding carboxylic acids is 6. The van der Waals surface area contributed by atoms with Crippen LogP contribution in [0.1, 0.15) is 112 Å². The van der Waals surface area contributed by atoms with Crippen molar-refractivity contribution < 1.29 is 97.3 Å². The highest BCUT2D eigenvalue weighted by Crippen LogP contribution is 2.46. The minimum atomic E-state index is -3.02. The average molecular weight is 1090 g/mol. The minimum absolute atomic E-state index is 0.00336. The van der Waals surface area contributed by atoms with Crippen molar-refractivity contribution in [3.8, 4) is 0 Å². The van der Waals surface area contributed by atoms with Crippen LogP contribution in [0, 0.1) is 41.4 Å². The predicted octanol–water partition coefficient (Wildman–Crippen LogP) is 3.32. The van der Waals surface area contributed by atoms with Crippen LogP contribution in [0.3, 0.4) is 0 Å². The van der Waals surface area contributed by atoms with Crippen molar-refractivity contribution in [2.24, 2.45) is 41.4 Å². The highest BCUT2D eigenvalue weighted by atomic mass is 16.9. The molecule has 6 aliphatic rings. The Balaban J connectivity index is 1.30. The van der Waals surface area contributed by atoms with E-state index in [-0.39, 0.29) is 55.6 Å². The zero-order valence-electron chi connectivity index (χ0n) is 45.9. The van der Waals surface area contributed by atoms with Crippen LogP contribution in [-0.4, -0.2) is 184 Å². The highest BCUT2D eigenvalue weighted by Gasteiger charge is 2.58. The zero-order valence-corrected chi connectivity index (χ0v) is 45.9. The molecule has 5 aliphatic heterocycles. The lowest BCUT2D eigenvalue weighted by atomic mass is 9.68. The molecule has 21 heteroatoms. The number of rotatable bonds is 7. The average Bonchev–Trinajstić information content (AvgIpc) is 3.42. The van der Waals surface area contributed by atoms with Crippen LogP contribution >= 0.6 is 0 Å². The number of hydrogen-bond donors (Lipinski definition) is 6. The van der Waals surface area contributed by atoms with E-state index in [2.05, 4.69) is 0 Å². The maximum Gasteiger partial charge on any atom is 0.513 e. The number of aliphatic hydroxyl groups is 6. The third-order valence-corrected chi connectivity index (χ3v) is 16.9. The Morgan fingerprint density at radius 1 is 0.831 bits per heavy atom. The largest absolute Gasteiger partial charge is 0.513 e. The lowest BCUT2D eigenvalue weighted by Crippen LogP contribution is -2.65. The number of aliphatic hydroxyl groups excluding tert-OH is 4. The molecule has 0 radical (unpaired) electrons. The Hall–Kier alpha value is -4.26. The fourth-order valence-corrected chi connectivity index (χ4v) is 12.2. The van der Waals surface area contributed by atoms with Crippen molar-refractivity contribution in [3.05, 3.63) is 47.6 Å². The quantitative estimate of drug-likeness (QED) is 0.0922. The monoisotopic (exact) mass is 1090 g/mol. The molecule has 1 aliphatic carbocycles. The second-order valence-electron chi connectivity index (χ2n) is 22.4. The van der Waals surface area contributed by atoms with Gasteiger partial charge < -0.3 is 73.4 Å². The molecule has 6 rings (SSSR count). The Kier molecular flexibility index (Phi) is 21.6. The molecule has 3 unspecified atom stereocenters. The molecule has 0 aromatic rings. The fourth-order valence-electron chi connectivity index (χ4n) is 12.2. The number of fused-ring (bicyclic) bond motifs is 3. The molecule has 1 amide bonds. The van der Waals surface area contributed by atoms with E-state index in [1.165, 1.54) is 19.1 Å². The SMILES string of the molecule is CO[C@H]1C[C@@H]2CC[C@@H](C)[C@@](O)(O2)C(=O)C(=O)N2CCCC3[C@H]2C(=O)O[C@@H](CC(=O)[C@H](C)/C=C(\C)[C@@H](O)[C@@H](OC)C(=O)[C@H](C)C[C@H](C)/C=C/C=C/C=C/1C)[C@H]3C[C@H]1CC[C@@H](OC(=O)O[C@@]2(O)OC[C@H](O)C(O)C2O)[C@H](OC)C1. The summed E-state index contributed by atoms with van der Waals surface area (Å²) in [5.41, 5.74) is 1.17. The van der Waals surface area contributed by atoms with Crippen LogP contribution in [0.15, 0.2) is 47.6 Å². The van der Waals surface area contributed by atoms with Crippen molar-refractivity contribution in [2.75, 3.05) is 34.5 Å². The van der Waals surface area contributed by atoms with Gasteiger partial charge in [0.05, 0.1) is 24.9 Å². The Bertz CT molecular complexity index is 2230. The van der Waals surface area contributed by atoms with Gasteiger partial charge in [0.1, 0.15) is 48.4 Å². The summed E-state index contributed by atoms with van der Waals surface area (Å²) in [6.45, 7) is 9.87. The van der Waals surface area contributed by atoms with E-state index in [0.717, 1.165) is 5.57 Å². The molecule has 0 aromatic heterocycles. The standard InChI is InChI=1S/C56H83NO20/c1-29-14-11-10-12-15-30(2)42(70-7)26-36-19-17-34(6)55(68,76-36)51(64)52(65)57-21-13-16-37-38(24-35-18-20-41(44(25-35)71-8)75-54(67)77-56(69)50(63)48(62)40(59)28-73-56)43(74-53(66)45(37)57)27-39(58)31(3)23-33(5)47(61)49(72-9)46(60)32(4)22-29/h10-12,14-15,23,29,31-32,34-38,40-45,47-50,59,61-63,68-69H,13,16-22,24-28H2,1-9H3/b12-10+,14-11+,30-15+,33-23+/t29-,31-,32-,34-,35-,36+,37?,38+,40+,41-,42+,43+,44-,45+,47-,48?,49+,50?,55-,56+/m1/s1. The molecule has 0 aromatic carbocycles. The number of esters is 1. The first-order chi connectivity index (χ1) is 36.4. The maximum absolute atomic E-state index is 14.6. The number of carbonyl (C=O) groups is 6. The van der Waals surface area contributed by atoms with Crippen LogP contribution in [0.2, 0.25) is 0 Å². The highest BCUT2D eigenvalue weighted by molar-refractivity contribution is 6.39. The van der Waals surface area contributed by atoms with E-state index in [1.54, 1.807) is 40.9 Å². The van der Waals surface area contributed by atoms with Crippen LogP contribution in [0.4, 0.5) is 4.79 Å². The van der Waals surface area contributed by atoms with Crippen LogP contribution in [0.5, 0.6) is 0 Å². The van der Waals surface area contributed by atoms with Gasteiger partial charge in [-0.2, -0.15) is 0 Å². The van der Waals surface area contributed by atoms with Gasteiger partial charge in [-0.25, -0.2) is 9.59 Å². The minimum Gasteiger partial charge on any atom is -0.460 e. The van der Waals surface area contributed by atoms with E-state index in [9.17, 15) is 59.4 Å². The number of hydrogen-bond acceptors (Lipinski definition) is 20. The lowest BCUT2D eigenvalue weighted by Gasteiger charge is -2.50. The smallest absolute Gasteiger partial charge is 0.460 e. The summed E-state index contributed by atoms with van der Waals surface area (Å²) in [5.74, 6) is -12.9. The second kappa shape index (κ2) is 26.8. The number of nitrogens with zero attached hydrogens (tertiary/aromatic N) is 1. The molecule has 1 saturated carbocycles. The molecular formula is C56H83NO20. The number of piperidine rings is 1. The molecule has 0 spiro atoms. The summed E-state index contributed by atoms with van der Waals surface area (Å²) in [5, 5.41) is 64.5. The van der Waals surface area contributed by atoms with Gasteiger partial charge in [-0.15, -0.1) is 0 Å². The summed E-state index contributed by atoms with van der Waals surface area (Å²) in [6.07, 6.45) is 0.683. The van der Waals surface area contributed by atoms with E-state index in [4.69, 9.17) is 37.9 Å². The zero-order chi connectivity index (χ0) is 56.7. The summed E-state index contributed by atoms with van der Waals surface area (Å²) in [6, 6.07) is -1.27. The van der Waals surface area contributed by atoms with Gasteiger partial charge >= 0.3 is 18.1 Å². The van der Waals surface area contributed by atoms with Gasteiger partial charge in [0, 0.05) is 64.4 Å². The molecule has 5 heterocycles. The predicted molar refractivity (Wildman–Crippen MR) is 273 cm³/mol. The maximum atomic E-state index is 14.6. The number of ether oxygens (including phenoxy) is 8. The molecular weight excluding hydrogens is 1010 g/mol. The second-order valence-corrected chi connectivity index (χ2v) is 22.4. The first kappa shape index (κ1) is 61.9. The van der Waals surface area contributed by atoms with Gasteiger partial charge in [-0.1, -0.05) is 64.2 Å².